The number of carbonyl (C=O) groups is 1. The molecular weight excluding hydrogens is 216 g/mol. The molecule has 0 aliphatic carbocycles. The Hall–Kier alpha value is -1.61. The van der Waals surface area contributed by atoms with Gasteiger partial charge in [-0.15, -0.1) is 0 Å². The SMILES string of the molecule is C=C(CC(OC)c1ccccc1)C(=O)OCC. The second kappa shape index (κ2) is 6.86. The van der Waals surface area contributed by atoms with Gasteiger partial charge >= 0.3 is 5.97 Å². The first-order valence-electron chi connectivity index (χ1n) is 5.61. The molecule has 1 rings (SSSR count). The zero-order valence-corrected chi connectivity index (χ0v) is 10.3. The minimum atomic E-state index is -0.356. The Bertz CT molecular complexity index is 370. The van der Waals surface area contributed by atoms with E-state index in [9.17, 15) is 4.79 Å². The lowest BCUT2D eigenvalue weighted by molar-refractivity contribution is -0.138. The van der Waals surface area contributed by atoms with Gasteiger partial charge in [0.15, 0.2) is 0 Å². The van der Waals surface area contributed by atoms with E-state index in [1.807, 2.05) is 30.3 Å². The molecule has 1 unspecified atom stereocenters. The van der Waals surface area contributed by atoms with Crippen molar-refractivity contribution in [2.75, 3.05) is 13.7 Å². The highest BCUT2D eigenvalue weighted by atomic mass is 16.5. The predicted molar refractivity (Wildman–Crippen MR) is 66.6 cm³/mol. The summed E-state index contributed by atoms with van der Waals surface area (Å²) in [6.07, 6.45) is 0.285. The molecule has 3 heteroatoms. The van der Waals surface area contributed by atoms with Gasteiger partial charge in [0.1, 0.15) is 0 Å². The second-order valence-electron chi connectivity index (χ2n) is 3.66. The lowest BCUT2D eigenvalue weighted by atomic mass is 10.0. The summed E-state index contributed by atoms with van der Waals surface area (Å²) in [6.45, 7) is 5.87. The van der Waals surface area contributed by atoms with Crippen molar-refractivity contribution in [1.82, 2.24) is 0 Å². The van der Waals surface area contributed by atoms with Crippen molar-refractivity contribution in [3.05, 3.63) is 48.0 Å². The van der Waals surface area contributed by atoms with Crippen LogP contribution in [0.3, 0.4) is 0 Å². The summed E-state index contributed by atoms with van der Waals surface area (Å²) >= 11 is 0. The molecule has 3 nitrogen and oxygen atoms in total. The number of hydrogen-bond acceptors (Lipinski definition) is 3. The van der Waals surface area contributed by atoms with E-state index in [2.05, 4.69) is 6.58 Å². The second-order valence-corrected chi connectivity index (χ2v) is 3.66. The molecule has 0 fully saturated rings. The molecule has 0 heterocycles. The summed E-state index contributed by atoms with van der Waals surface area (Å²) in [4.78, 5) is 11.4. The van der Waals surface area contributed by atoms with Crippen molar-refractivity contribution in [2.24, 2.45) is 0 Å². The van der Waals surface area contributed by atoms with Gasteiger partial charge in [-0.2, -0.15) is 0 Å². The Kier molecular flexibility index (Phi) is 5.43. The summed E-state index contributed by atoms with van der Waals surface area (Å²) < 4.78 is 10.3. The molecule has 0 aliphatic rings. The molecular formula is C14H18O3. The molecule has 1 aromatic rings. The van der Waals surface area contributed by atoms with Gasteiger partial charge in [0.05, 0.1) is 12.7 Å². The number of benzene rings is 1. The van der Waals surface area contributed by atoms with E-state index in [0.29, 0.717) is 18.6 Å². The van der Waals surface area contributed by atoms with Crippen molar-refractivity contribution in [3.63, 3.8) is 0 Å². The Balaban J connectivity index is 2.65. The van der Waals surface area contributed by atoms with E-state index in [4.69, 9.17) is 9.47 Å². The molecule has 0 aliphatic heterocycles. The third-order valence-corrected chi connectivity index (χ3v) is 2.45. The highest BCUT2D eigenvalue weighted by Gasteiger charge is 2.16. The molecule has 17 heavy (non-hydrogen) atoms. The average Bonchev–Trinajstić information content (AvgIpc) is 2.37. The van der Waals surface area contributed by atoms with Crippen LogP contribution in [0.4, 0.5) is 0 Å². The van der Waals surface area contributed by atoms with Gasteiger partial charge in [-0.1, -0.05) is 36.9 Å². The quantitative estimate of drug-likeness (QED) is 0.561. The Labute approximate surface area is 102 Å². The molecule has 0 bridgehead atoms. The van der Waals surface area contributed by atoms with E-state index in [1.54, 1.807) is 14.0 Å². The lowest BCUT2D eigenvalue weighted by Gasteiger charge is -2.16. The molecule has 0 saturated heterocycles. The summed E-state index contributed by atoms with van der Waals surface area (Å²) in [5.74, 6) is -0.356. The minimum absolute atomic E-state index is 0.159. The summed E-state index contributed by atoms with van der Waals surface area (Å²) in [5.41, 5.74) is 1.46. The Morgan fingerprint density at radius 3 is 2.53 bits per heavy atom. The van der Waals surface area contributed by atoms with Crippen LogP contribution in [-0.2, 0) is 14.3 Å². The fourth-order valence-electron chi connectivity index (χ4n) is 1.55. The van der Waals surface area contributed by atoms with Crippen LogP contribution in [0.25, 0.3) is 0 Å². The van der Waals surface area contributed by atoms with Gasteiger partial charge in [0.25, 0.3) is 0 Å². The van der Waals surface area contributed by atoms with Crippen molar-refractivity contribution < 1.29 is 14.3 Å². The highest BCUT2D eigenvalue weighted by molar-refractivity contribution is 5.87. The molecule has 0 radical (unpaired) electrons. The van der Waals surface area contributed by atoms with Gasteiger partial charge < -0.3 is 9.47 Å². The smallest absolute Gasteiger partial charge is 0.333 e. The third kappa shape index (κ3) is 4.04. The van der Waals surface area contributed by atoms with Crippen LogP contribution in [0.1, 0.15) is 25.0 Å². The zero-order chi connectivity index (χ0) is 12.7. The molecule has 1 aromatic carbocycles. The maximum absolute atomic E-state index is 11.4. The summed E-state index contributed by atoms with van der Waals surface area (Å²) in [6, 6.07) is 9.75. The molecule has 0 N–H and O–H groups in total. The van der Waals surface area contributed by atoms with Crippen molar-refractivity contribution in [3.8, 4) is 0 Å². The standard InChI is InChI=1S/C14H18O3/c1-4-17-14(15)11(2)10-13(16-3)12-8-6-5-7-9-12/h5-9,13H,2,4,10H2,1,3H3. The monoisotopic (exact) mass is 234 g/mol. The van der Waals surface area contributed by atoms with Crippen molar-refractivity contribution >= 4 is 5.97 Å². The average molecular weight is 234 g/mol. The maximum atomic E-state index is 11.4. The first kappa shape index (κ1) is 13.5. The largest absolute Gasteiger partial charge is 0.463 e. The van der Waals surface area contributed by atoms with Crippen LogP contribution in [0, 0.1) is 0 Å². The normalized spacial score (nSPS) is 11.9. The highest BCUT2D eigenvalue weighted by Crippen LogP contribution is 2.23. The topological polar surface area (TPSA) is 35.5 Å². The molecule has 0 saturated carbocycles. The number of methoxy groups -OCH3 is 1. The summed E-state index contributed by atoms with van der Waals surface area (Å²) in [7, 11) is 1.62. The lowest BCUT2D eigenvalue weighted by Crippen LogP contribution is -2.11. The third-order valence-electron chi connectivity index (χ3n) is 2.45. The molecule has 0 aromatic heterocycles. The fourth-order valence-corrected chi connectivity index (χ4v) is 1.55. The van der Waals surface area contributed by atoms with Crippen LogP contribution in [0.2, 0.25) is 0 Å². The maximum Gasteiger partial charge on any atom is 0.333 e. The van der Waals surface area contributed by atoms with Crippen molar-refractivity contribution in [1.29, 1.82) is 0 Å². The van der Waals surface area contributed by atoms with E-state index in [1.165, 1.54) is 0 Å². The van der Waals surface area contributed by atoms with Crippen LogP contribution in [-0.4, -0.2) is 19.7 Å². The number of esters is 1. The number of rotatable bonds is 6. The van der Waals surface area contributed by atoms with Gasteiger partial charge in [-0.3, -0.25) is 0 Å². The van der Waals surface area contributed by atoms with Crippen molar-refractivity contribution in [2.45, 2.75) is 19.4 Å². The Morgan fingerprint density at radius 2 is 2.00 bits per heavy atom. The molecule has 0 spiro atoms. The van der Waals surface area contributed by atoms with Crippen LogP contribution < -0.4 is 0 Å². The van der Waals surface area contributed by atoms with Crippen LogP contribution in [0.15, 0.2) is 42.5 Å². The zero-order valence-electron chi connectivity index (χ0n) is 10.3. The van der Waals surface area contributed by atoms with E-state index in [-0.39, 0.29) is 12.1 Å². The number of carbonyl (C=O) groups excluding carboxylic acids is 1. The number of ether oxygens (including phenoxy) is 2. The fraction of sp³-hybridized carbons (Fsp3) is 0.357. The molecule has 0 amide bonds. The first-order chi connectivity index (χ1) is 8.19. The number of hydrogen-bond donors (Lipinski definition) is 0. The van der Waals surface area contributed by atoms with Gasteiger partial charge in [0.2, 0.25) is 0 Å². The van der Waals surface area contributed by atoms with E-state index >= 15 is 0 Å². The van der Waals surface area contributed by atoms with Crippen LogP contribution in [0.5, 0.6) is 0 Å². The van der Waals surface area contributed by atoms with Gasteiger partial charge in [-0.25, -0.2) is 4.79 Å². The van der Waals surface area contributed by atoms with E-state index < -0.39 is 0 Å². The van der Waals surface area contributed by atoms with Gasteiger partial charge in [-0.05, 0) is 12.5 Å². The van der Waals surface area contributed by atoms with Crippen LogP contribution >= 0.6 is 0 Å². The first-order valence-corrected chi connectivity index (χ1v) is 5.61. The summed E-state index contributed by atoms with van der Waals surface area (Å²) in [5, 5.41) is 0. The minimum Gasteiger partial charge on any atom is -0.463 e. The van der Waals surface area contributed by atoms with E-state index in [0.717, 1.165) is 5.56 Å². The molecule has 92 valence electrons. The predicted octanol–water partition coefficient (Wildman–Crippen LogP) is 2.88. The van der Waals surface area contributed by atoms with Gasteiger partial charge in [0, 0.05) is 19.1 Å². The molecule has 1 atom stereocenters. The Morgan fingerprint density at radius 1 is 1.35 bits per heavy atom.